The van der Waals surface area contributed by atoms with Crippen molar-refractivity contribution in [1.82, 2.24) is 10.3 Å². The molecule has 3 amide bonds. The van der Waals surface area contributed by atoms with Crippen molar-refractivity contribution in [3.8, 4) is 11.5 Å². The summed E-state index contributed by atoms with van der Waals surface area (Å²) in [6, 6.07) is 28.5. The minimum absolute atomic E-state index is 0.0348. The fourth-order valence-electron chi connectivity index (χ4n) is 4.28. The Balaban J connectivity index is 1.29. The molecule has 0 aliphatic carbocycles. The highest BCUT2D eigenvalue weighted by Crippen LogP contribution is 2.31. The third kappa shape index (κ3) is 8.08. The number of amides is 3. The highest BCUT2D eigenvalue weighted by atomic mass is 32.2. The number of rotatable bonds is 11. The normalized spacial score (nSPS) is 11.8. The summed E-state index contributed by atoms with van der Waals surface area (Å²) in [5, 5.41) is 8.55. The largest absolute Gasteiger partial charge is 0.497 e. The van der Waals surface area contributed by atoms with Gasteiger partial charge in [0.25, 0.3) is 11.8 Å². The van der Waals surface area contributed by atoms with Gasteiger partial charge in [-0.3, -0.25) is 14.4 Å². The summed E-state index contributed by atoms with van der Waals surface area (Å²) in [7, 11) is 3.14. The molecule has 0 bridgehead atoms. The molecule has 1 heterocycles. The zero-order valence-electron chi connectivity index (χ0n) is 24.7. The minimum atomic E-state index is -0.523. The molecule has 11 heteroatoms. The van der Waals surface area contributed by atoms with Crippen LogP contribution in [0.25, 0.3) is 16.3 Å². The van der Waals surface area contributed by atoms with Crippen molar-refractivity contribution in [3.63, 3.8) is 0 Å². The first kappa shape index (κ1) is 31.3. The molecule has 0 radical (unpaired) electrons. The van der Waals surface area contributed by atoms with E-state index in [1.165, 1.54) is 30.2 Å². The van der Waals surface area contributed by atoms with Gasteiger partial charge >= 0.3 is 0 Å². The van der Waals surface area contributed by atoms with Crippen molar-refractivity contribution in [2.45, 2.75) is 17.1 Å². The Morgan fingerprint density at radius 2 is 1.64 bits per heavy atom. The Morgan fingerprint density at radius 3 is 2.42 bits per heavy atom. The molecule has 0 spiro atoms. The van der Waals surface area contributed by atoms with Gasteiger partial charge in [0.05, 0.1) is 29.7 Å². The van der Waals surface area contributed by atoms with Crippen LogP contribution in [0.4, 0.5) is 10.8 Å². The number of anilines is 2. The number of nitrogens with zero attached hydrogens (tertiary/aromatic N) is 1. The van der Waals surface area contributed by atoms with Crippen LogP contribution in [-0.2, 0) is 9.59 Å². The monoisotopic (exact) mass is 638 g/mol. The summed E-state index contributed by atoms with van der Waals surface area (Å²) in [5.41, 5.74) is 2.34. The topological polar surface area (TPSA) is 119 Å². The van der Waals surface area contributed by atoms with E-state index < -0.39 is 17.1 Å². The lowest BCUT2D eigenvalue weighted by Gasteiger charge is -2.14. The Hall–Kier alpha value is -5.13. The van der Waals surface area contributed by atoms with Gasteiger partial charge in [-0.2, -0.15) is 0 Å². The summed E-state index contributed by atoms with van der Waals surface area (Å²) in [6.45, 7) is 1.80. The SMILES string of the molecule is COc1ccc2nc(NC(=O)C(C)Sc3cccc(NC(=O)/C(=C\c4ccccc4OC)NC(=O)c4ccccc4)c3)sc2c1. The minimum Gasteiger partial charge on any atom is -0.497 e. The molecule has 1 aromatic heterocycles. The molecule has 5 rings (SSSR count). The lowest BCUT2D eigenvalue weighted by Crippen LogP contribution is -2.30. The maximum Gasteiger partial charge on any atom is 0.272 e. The second-order valence-corrected chi connectivity index (χ2v) is 12.1. The molecule has 0 saturated carbocycles. The second kappa shape index (κ2) is 14.6. The summed E-state index contributed by atoms with van der Waals surface area (Å²) in [4.78, 5) is 44.8. The average molecular weight is 639 g/mol. The third-order valence-corrected chi connectivity index (χ3v) is 8.59. The van der Waals surface area contributed by atoms with Crippen molar-refractivity contribution in [2.75, 3.05) is 24.9 Å². The molecule has 0 aliphatic heterocycles. The van der Waals surface area contributed by atoms with Gasteiger partial charge in [0.15, 0.2) is 5.13 Å². The molecule has 9 nitrogen and oxygen atoms in total. The van der Waals surface area contributed by atoms with Crippen LogP contribution in [0.2, 0.25) is 0 Å². The molecule has 1 unspecified atom stereocenters. The van der Waals surface area contributed by atoms with Gasteiger partial charge in [0, 0.05) is 21.7 Å². The van der Waals surface area contributed by atoms with E-state index in [4.69, 9.17) is 9.47 Å². The molecular weight excluding hydrogens is 609 g/mol. The van der Waals surface area contributed by atoms with Gasteiger partial charge in [-0.1, -0.05) is 53.8 Å². The second-order valence-electron chi connectivity index (χ2n) is 9.70. The van der Waals surface area contributed by atoms with Crippen LogP contribution in [-0.4, -0.2) is 42.2 Å². The van der Waals surface area contributed by atoms with E-state index in [2.05, 4.69) is 20.9 Å². The van der Waals surface area contributed by atoms with Crippen LogP contribution < -0.4 is 25.4 Å². The number of para-hydroxylation sites is 1. The number of ether oxygens (including phenoxy) is 2. The number of carbonyl (C=O) groups is 3. The Kier molecular flexibility index (Phi) is 10.1. The van der Waals surface area contributed by atoms with Crippen molar-refractivity contribution >= 4 is 67.9 Å². The van der Waals surface area contributed by atoms with E-state index in [0.29, 0.717) is 27.7 Å². The maximum absolute atomic E-state index is 13.5. The summed E-state index contributed by atoms with van der Waals surface area (Å²) >= 11 is 2.71. The number of aromatic nitrogens is 1. The van der Waals surface area contributed by atoms with Crippen LogP contribution >= 0.6 is 23.1 Å². The molecule has 0 fully saturated rings. The number of fused-ring (bicyclic) bond motifs is 1. The first-order valence-corrected chi connectivity index (χ1v) is 15.6. The van der Waals surface area contributed by atoms with Crippen LogP contribution in [0.1, 0.15) is 22.8 Å². The van der Waals surface area contributed by atoms with Gasteiger partial charge in [0.1, 0.15) is 17.2 Å². The van der Waals surface area contributed by atoms with Crippen LogP contribution in [0, 0.1) is 0 Å². The van der Waals surface area contributed by atoms with Crippen LogP contribution in [0.3, 0.4) is 0 Å². The van der Waals surface area contributed by atoms with Gasteiger partial charge in [0.2, 0.25) is 5.91 Å². The lowest BCUT2D eigenvalue weighted by atomic mass is 10.1. The Bertz CT molecular complexity index is 1870. The fraction of sp³-hybridized carbons (Fsp3) is 0.118. The first-order valence-electron chi connectivity index (χ1n) is 13.9. The highest BCUT2D eigenvalue weighted by Gasteiger charge is 2.19. The van der Waals surface area contributed by atoms with Crippen molar-refractivity contribution in [3.05, 3.63) is 114 Å². The highest BCUT2D eigenvalue weighted by molar-refractivity contribution is 8.00. The number of hydrogen-bond acceptors (Lipinski definition) is 8. The van der Waals surface area contributed by atoms with Gasteiger partial charge in [-0.05, 0) is 67.6 Å². The molecule has 45 heavy (non-hydrogen) atoms. The standard InChI is InChI=1S/C34H30N4O5S2/c1-21(31(39)38-34-37-27-17-16-25(42-2)20-30(27)45-34)44-26-14-9-13-24(19-26)35-33(41)28(18-23-12-7-8-15-29(23)43-3)36-32(40)22-10-5-4-6-11-22/h4-21H,1-3H3,(H,35,41)(H,36,40)(H,37,38,39)/b28-18+. The Labute approximate surface area is 268 Å². The summed E-state index contributed by atoms with van der Waals surface area (Å²) in [6.07, 6.45) is 1.57. The predicted molar refractivity (Wildman–Crippen MR) is 180 cm³/mol. The molecule has 4 aromatic carbocycles. The number of benzene rings is 4. The van der Waals surface area contributed by atoms with Crippen LogP contribution in [0.15, 0.2) is 108 Å². The quantitative estimate of drug-likeness (QED) is 0.107. The average Bonchev–Trinajstić information content (AvgIpc) is 3.46. The first-order chi connectivity index (χ1) is 21.8. The van der Waals surface area contributed by atoms with E-state index in [0.717, 1.165) is 20.9 Å². The van der Waals surface area contributed by atoms with E-state index in [-0.39, 0.29) is 11.6 Å². The molecule has 3 N–H and O–H groups in total. The predicted octanol–water partition coefficient (Wildman–Crippen LogP) is 6.84. The van der Waals surface area contributed by atoms with Crippen molar-refractivity contribution in [1.29, 1.82) is 0 Å². The third-order valence-electron chi connectivity index (χ3n) is 6.57. The van der Waals surface area contributed by atoms with Gasteiger partial charge < -0.3 is 25.4 Å². The molecule has 0 saturated heterocycles. The molecule has 0 aliphatic rings. The Morgan fingerprint density at radius 1 is 0.867 bits per heavy atom. The molecular formula is C34H30N4O5S2. The summed E-state index contributed by atoms with van der Waals surface area (Å²) < 4.78 is 11.6. The fourth-order valence-corrected chi connectivity index (χ4v) is 6.10. The number of thiazole rings is 1. The number of methoxy groups -OCH3 is 2. The number of thioether (sulfide) groups is 1. The van der Waals surface area contributed by atoms with Crippen LogP contribution in [0.5, 0.6) is 11.5 Å². The molecule has 5 aromatic rings. The van der Waals surface area contributed by atoms with E-state index in [9.17, 15) is 14.4 Å². The number of carbonyl (C=O) groups excluding carboxylic acids is 3. The van der Waals surface area contributed by atoms with E-state index >= 15 is 0 Å². The van der Waals surface area contributed by atoms with E-state index in [1.54, 1.807) is 74.7 Å². The maximum atomic E-state index is 13.5. The van der Waals surface area contributed by atoms with E-state index in [1.807, 2.05) is 42.5 Å². The smallest absolute Gasteiger partial charge is 0.272 e. The summed E-state index contributed by atoms with van der Waals surface area (Å²) in [5.74, 6) is 0.119. The molecule has 1 atom stereocenters. The van der Waals surface area contributed by atoms with Gasteiger partial charge in [-0.25, -0.2) is 4.98 Å². The number of nitrogens with one attached hydrogen (secondary N) is 3. The zero-order valence-corrected chi connectivity index (χ0v) is 26.3. The lowest BCUT2D eigenvalue weighted by molar-refractivity contribution is -0.115. The number of hydrogen-bond donors (Lipinski definition) is 3. The zero-order chi connectivity index (χ0) is 31.8. The van der Waals surface area contributed by atoms with Crippen molar-refractivity contribution < 1.29 is 23.9 Å². The van der Waals surface area contributed by atoms with Crippen molar-refractivity contribution in [2.24, 2.45) is 0 Å². The van der Waals surface area contributed by atoms with Gasteiger partial charge in [-0.15, -0.1) is 11.8 Å². The molecule has 228 valence electrons.